The Kier molecular flexibility index (Phi) is 5.41. The molecule has 1 fully saturated rings. The molecule has 0 unspecified atom stereocenters. The zero-order valence-corrected chi connectivity index (χ0v) is 14.1. The first-order chi connectivity index (χ1) is 9.47. The van der Waals surface area contributed by atoms with Crippen LogP contribution in [0.25, 0.3) is 0 Å². The molecule has 0 aromatic carbocycles. The fourth-order valence-electron chi connectivity index (χ4n) is 2.49. The van der Waals surface area contributed by atoms with Gasteiger partial charge in [-0.05, 0) is 60.9 Å². The molecule has 0 N–H and O–H groups in total. The SMILES string of the molecule is CN1CCC(CN(C)C(=O)c2cc(Br)cnc2Cl)CC1. The summed E-state index contributed by atoms with van der Waals surface area (Å²) >= 11 is 9.33. The second-order valence-corrected chi connectivity index (χ2v) is 6.70. The van der Waals surface area contributed by atoms with Gasteiger partial charge in [-0.3, -0.25) is 4.79 Å². The standard InChI is InChI=1S/C14H19BrClN3O/c1-18-5-3-10(4-6-18)9-19(2)14(20)12-7-11(15)8-17-13(12)16/h7-8,10H,3-6,9H2,1-2H3. The molecule has 0 atom stereocenters. The minimum atomic E-state index is -0.0669. The van der Waals surface area contributed by atoms with Crippen molar-refractivity contribution in [3.63, 3.8) is 0 Å². The Hall–Kier alpha value is -0.650. The van der Waals surface area contributed by atoms with E-state index in [9.17, 15) is 4.79 Å². The Morgan fingerprint density at radius 2 is 2.20 bits per heavy atom. The van der Waals surface area contributed by atoms with Crippen molar-refractivity contribution in [1.82, 2.24) is 14.8 Å². The first-order valence-corrected chi connectivity index (χ1v) is 7.89. The molecule has 1 aliphatic rings. The van der Waals surface area contributed by atoms with E-state index < -0.39 is 0 Å². The molecule has 0 bridgehead atoms. The highest BCUT2D eigenvalue weighted by molar-refractivity contribution is 9.10. The van der Waals surface area contributed by atoms with Gasteiger partial charge in [0, 0.05) is 24.3 Å². The fourth-order valence-corrected chi connectivity index (χ4v) is 3.01. The Labute approximate surface area is 133 Å². The van der Waals surface area contributed by atoms with Gasteiger partial charge in [-0.2, -0.15) is 0 Å². The molecule has 110 valence electrons. The van der Waals surface area contributed by atoms with E-state index in [0.29, 0.717) is 11.5 Å². The van der Waals surface area contributed by atoms with Crippen molar-refractivity contribution in [1.29, 1.82) is 0 Å². The molecule has 0 radical (unpaired) electrons. The summed E-state index contributed by atoms with van der Waals surface area (Å²) in [5, 5.41) is 0.258. The Bertz CT molecular complexity index is 489. The van der Waals surface area contributed by atoms with Crippen molar-refractivity contribution >= 4 is 33.4 Å². The lowest BCUT2D eigenvalue weighted by atomic mass is 9.96. The van der Waals surface area contributed by atoms with Crippen molar-refractivity contribution in [2.24, 2.45) is 5.92 Å². The minimum absolute atomic E-state index is 0.0669. The van der Waals surface area contributed by atoms with Gasteiger partial charge < -0.3 is 9.80 Å². The number of halogens is 2. The summed E-state index contributed by atoms with van der Waals surface area (Å²) < 4.78 is 0.762. The van der Waals surface area contributed by atoms with E-state index >= 15 is 0 Å². The van der Waals surface area contributed by atoms with Crippen LogP contribution in [0.4, 0.5) is 0 Å². The van der Waals surface area contributed by atoms with Gasteiger partial charge in [0.25, 0.3) is 5.91 Å². The van der Waals surface area contributed by atoms with Crippen LogP contribution in [-0.2, 0) is 0 Å². The van der Waals surface area contributed by atoms with Gasteiger partial charge in [-0.25, -0.2) is 4.98 Å². The number of carbonyl (C=O) groups is 1. The van der Waals surface area contributed by atoms with Gasteiger partial charge in [-0.1, -0.05) is 11.6 Å². The van der Waals surface area contributed by atoms with Crippen LogP contribution < -0.4 is 0 Å². The molecule has 6 heteroatoms. The van der Waals surface area contributed by atoms with Crippen molar-refractivity contribution < 1.29 is 4.79 Å². The third kappa shape index (κ3) is 3.93. The Morgan fingerprint density at radius 3 is 2.85 bits per heavy atom. The second kappa shape index (κ2) is 6.87. The van der Waals surface area contributed by atoms with Gasteiger partial charge in [0.1, 0.15) is 5.15 Å². The van der Waals surface area contributed by atoms with Crippen molar-refractivity contribution in [2.75, 3.05) is 33.7 Å². The van der Waals surface area contributed by atoms with E-state index in [1.807, 2.05) is 7.05 Å². The van der Waals surface area contributed by atoms with E-state index in [0.717, 1.165) is 36.9 Å². The normalized spacial score (nSPS) is 17.2. The smallest absolute Gasteiger partial charge is 0.256 e. The summed E-state index contributed by atoms with van der Waals surface area (Å²) in [5.41, 5.74) is 0.455. The lowest BCUT2D eigenvalue weighted by Gasteiger charge is -2.31. The molecule has 1 amide bonds. The largest absolute Gasteiger partial charge is 0.341 e. The Morgan fingerprint density at radius 1 is 1.55 bits per heavy atom. The summed E-state index contributed by atoms with van der Waals surface area (Å²) in [7, 11) is 3.97. The maximum absolute atomic E-state index is 12.4. The lowest BCUT2D eigenvalue weighted by Crippen LogP contribution is -2.38. The number of aromatic nitrogens is 1. The number of carbonyl (C=O) groups excluding carboxylic acids is 1. The molecule has 2 rings (SSSR count). The minimum Gasteiger partial charge on any atom is -0.341 e. The predicted octanol–water partition coefficient (Wildman–Crippen LogP) is 2.91. The van der Waals surface area contributed by atoms with Crippen molar-refractivity contribution in [2.45, 2.75) is 12.8 Å². The van der Waals surface area contributed by atoms with Crippen LogP contribution in [0.1, 0.15) is 23.2 Å². The van der Waals surface area contributed by atoms with Crippen LogP contribution in [0.15, 0.2) is 16.7 Å². The maximum Gasteiger partial charge on any atom is 0.256 e. The van der Waals surface area contributed by atoms with Crippen LogP contribution in [0, 0.1) is 5.92 Å². The third-order valence-electron chi connectivity index (χ3n) is 3.75. The van der Waals surface area contributed by atoms with Crippen LogP contribution in [0.3, 0.4) is 0 Å². The van der Waals surface area contributed by atoms with E-state index in [1.165, 1.54) is 0 Å². The van der Waals surface area contributed by atoms with E-state index in [4.69, 9.17) is 11.6 Å². The molecule has 1 saturated heterocycles. The van der Waals surface area contributed by atoms with Gasteiger partial charge in [0.2, 0.25) is 0 Å². The van der Waals surface area contributed by atoms with Gasteiger partial charge >= 0.3 is 0 Å². The van der Waals surface area contributed by atoms with Crippen molar-refractivity contribution in [3.8, 4) is 0 Å². The second-order valence-electron chi connectivity index (χ2n) is 5.42. The molecule has 2 heterocycles. The highest BCUT2D eigenvalue weighted by Gasteiger charge is 2.22. The van der Waals surface area contributed by atoms with Gasteiger partial charge in [0.05, 0.1) is 5.56 Å². The van der Waals surface area contributed by atoms with E-state index in [1.54, 1.807) is 17.2 Å². The first-order valence-electron chi connectivity index (χ1n) is 6.72. The molecular weight excluding hydrogens is 342 g/mol. The summed E-state index contributed by atoms with van der Waals surface area (Å²) in [5.74, 6) is 0.502. The zero-order chi connectivity index (χ0) is 14.7. The summed E-state index contributed by atoms with van der Waals surface area (Å²) in [4.78, 5) is 20.5. The quantitative estimate of drug-likeness (QED) is 0.778. The maximum atomic E-state index is 12.4. The van der Waals surface area contributed by atoms with Crippen LogP contribution >= 0.6 is 27.5 Å². The Balaban J connectivity index is 1.99. The lowest BCUT2D eigenvalue weighted by molar-refractivity contribution is 0.0747. The first kappa shape index (κ1) is 15.7. The molecule has 1 aromatic rings. The average Bonchev–Trinajstić information content (AvgIpc) is 2.43. The highest BCUT2D eigenvalue weighted by Crippen LogP contribution is 2.21. The van der Waals surface area contributed by atoms with E-state index in [-0.39, 0.29) is 11.1 Å². The molecule has 1 aliphatic heterocycles. The van der Waals surface area contributed by atoms with Crippen LogP contribution in [0.5, 0.6) is 0 Å². The number of nitrogens with zero attached hydrogens (tertiary/aromatic N) is 3. The zero-order valence-electron chi connectivity index (χ0n) is 11.8. The predicted molar refractivity (Wildman–Crippen MR) is 84.1 cm³/mol. The van der Waals surface area contributed by atoms with Crippen LogP contribution in [0.2, 0.25) is 5.15 Å². The average molecular weight is 361 g/mol. The molecule has 0 saturated carbocycles. The topological polar surface area (TPSA) is 36.4 Å². The molecule has 4 nitrogen and oxygen atoms in total. The number of likely N-dealkylation sites (tertiary alicyclic amines) is 1. The third-order valence-corrected chi connectivity index (χ3v) is 4.49. The van der Waals surface area contributed by atoms with E-state index in [2.05, 4.69) is 32.9 Å². The fraction of sp³-hybridized carbons (Fsp3) is 0.571. The highest BCUT2D eigenvalue weighted by atomic mass is 79.9. The molecule has 0 aliphatic carbocycles. The molecular formula is C14H19BrClN3O. The van der Waals surface area contributed by atoms with Crippen molar-refractivity contribution in [3.05, 3.63) is 27.5 Å². The molecule has 0 spiro atoms. The monoisotopic (exact) mass is 359 g/mol. The molecule has 1 aromatic heterocycles. The summed E-state index contributed by atoms with van der Waals surface area (Å²) in [6.07, 6.45) is 3.87. The summed E-state index contributed by atoms with van der Waals surface area (Å²) in [6.45, 7) is 2.98. The molecule has 20 heavy (non-hydrogen) atoms. The summed E-state index contributed by atoms with van der Waals surface area (Å²) in [6, 6.07) is 1.73. The van der Waals surface area contributed by atoms with Crippen LogP contribution in [-0.4, -0.2) is 54.4 Å². The van der Waals surface area contributed by atoms with Gasteiger partial charge in [-0.15, -0.1) is 0 Å². The number of amides is 1. The van der Waals surface area contributed by atoms with Gasteiger partial charge in [0.15, 0.2) is 0 Å². The number of rotatable bonds is 3. The number of piperidine rings is 1. The number of hydrogen-bond acceptors (Lipinski definition) is 3. The number of hydrogen-bond donors (Lipinski definition) is 0. The number of pyridine rings is 1.